The summed E-state index contributed by atoms with van der Waals surface area (Å²) in [4.78, 5) is 33.6. The first-order valence-corrected chi connectivity index (χ1v) is 16.9. The molecule has 1 aliphatic heterocycles. The number of piperazine rings is 1. The van der Waals surface area contributed by atoms with Gasteiger partial charge in [0.2, 0.25) is 11.8 Å². The molecule has 5 aromatic rings. The molecule has 0 atom stereocenters. The largest absolute Gasteiger partial charge is 0.487 e. The standard InChI is InChI=1S/C42H37FN4O5/c1-30-2-12-35(13-3-30)39(48)29-51-36-14-8-33(9-15-36)27-46-20-22-47(23-21-46)42(49)19-11-31-10-17-40(38(43)24-31)52-41-18-16-37(26-45-41)50-28-34-6-4-32(25-44)5-7-34/h2-19,24,26H,20-23,27-29H2,1H3/b19-11+. The molecule has 0 radical (unpaired) electrons. The number of nitriles is 1. The lowest BCUT2D eigenvalue weighted by Crippen LogP contribution is -2.47. The second-order valence-electron chi connectivity index (χ2n) is 12.4. The average Bonchev–Trinajstić information content (AvgIpc) is 3.18. The number of carbonyl (C=O) groups excluding carboxylic acids is 2. The lowest BCUT2D eigenvalue weighted by molar-refractivity contribution is -0.127. The van der Waals surface area contributed by atoms with Gasteiger partial charge in [0.05, 0.1) is 17.8 Å². The summed E-state index contributed by atoms with van der Waals surface area (Å²) in [6.45, 7) is 5.62. The fourth-order valence-corrected chi connectivity index (χ4v) is 5.49. The second kappa shape index (κ2) is 17.1. The fraction of sp³-hybridized carbons (Fsp3) is 0.190. The Morgan fingerprint density at radius 3 is 2.23 bits per heavy atom. The Bertz CT molecular complexity index is 2050. The number of aromatic nitrogens is 1. The lowest BCUT2D eigenvalue weighted by atomic mass is 10.1. The highest BCUT2D eigenvalue weighted by Gasteiger charge is 2.20. The van der Waals surface area contributed by atoms with E-state index in [0.29, 0.717) is 47.9 Å². The van der Waals surface area contributed by atoms with Gasteiger partial charge in [-0.25, -0.2) is 9.37 Å². The summed E-state index contributed by atoms with van der Waals surface area (Å²) in [5.74, 6) is 0.590. The number of ether oxygens (including phenoxy) is 3. The van der Waals surface area contributed by atoms with Crippen molar-refractivity contribution < 1.29 is 28.2 Å². The fourth-order valence-electron chi connectivity index (χ4n) is 5.49. The monoisotopic (exact) mass is 696 g/mol. The van der Waals surface area contributed by atoms with Crippen molar-refractivity contribution in [3.63, 3.8) is 0 Å². The Hall–Kier alpha value is -6.31. The summed E-state index contributed by atoms with van der Waals surface area (Å²) >= 11 is 0. The maximum atomic E-state index is 14.9. The Morgan fingerprint density at radius 1 is 0.846 bits per heavy atom. The second-order valence-corrected chi connectivity index (χ2v) is 12.4. The first kappa shape index (κ1) is 35.5. The highest BCUT2D eigenvalue weighted by atomic mass is 19.1. The Morgan fingerprint density at radius 2 is 1.56 bits per heavy atom. The number of rotatable bonds is 13. The molecule has 1 aliphatic rings. The van der Waals surface area contributed by atoms with E-state index in [0.717, 1.165) is 36.3 Å². The number of nitrogens with zero attached hydrogens (tertiary/aromatic N) is 4. The molecule has 0 N–H and O–H groups in total. The molecule has 1 amide bonds. The van der Waals surface area contributed by atoms with Crippen molar-refractivity contribution in [1.82, 2.24) is 14.8 Å². The van der Waals surface area contributed by atoms with Crippen LogP contribution in [0.2, 0.25) is 0 Å². The van der Waals surface area contributed by atoms with Gasteiger partial charge in [-0.2, -0.15) is 5.26 Å². The number of carbonyl (C=O) groups is 2. The number of halogens is 1. The van der Waals surface area contributed by atoms with Gasteiger partial charge in [-0.05, 0) is 72.2 Å². The van der Waals surface area contributed by atoms with Crippen molar-refractivity contribution in [1.29, 1.82) is 5.26 Å². The summed E-state index contributed by atoms with van der Waals surface area (Å²) in [5, 5.41) is 8.92. The molecule has 262 valence electrons. The summed E-state index contributed by atoms with van der Waals surface area (Å²) in [5.41, 5.74) is 4.87. The molecule has 10 heteroatoms. The first-order chi connectivity index (χ1) is 25.3. The van der Waals surface area contributed by atoms with Crippen LogP contribution in [0.1, 0.15) is 38.2 Å². The van der Waals surface area contributed by atoms with E-state index >= 15 is 0 Å². The SMILES string of the molecule is Cc1ccc(C(=O)COc2ccc(CN3CCN(C(=O)/C=C/c4ccc(Oc5ccc(OCc6ccc(C#N)cc6)cn5)c(F)c4)CC3)cc2)cc1. The summed E-state index contributed by atoms with van der Waals surface area (Å²) in [6, 6.07) is 32.1. The first-order valence-electron chi connectivity index (χ1n) is 16.9. The van der Waals surface area contributed by atoms with Crippen molar-refractivity contribution in [2.45, 2.75) is 20.1 Å². The van der Waals surface area contributed by atoms with Gasteiger partial charge < -0.3 is 19.1 Å². The van der Waals surface area contributed by atoms with Crippen LogP contribution < -0.4 is 14.2 Å². The number of pyridine rings is 1. The van der Waals surface area contributed by atoms with Crippen LogP contribution in [0, 0.1) is 24.1 Å². The van der Waals surface area contributed by atoms with Gasteiger partial charge in [0.1, 0.15) is 18.1 Å². The van der Waals surface area contributed by atoms with E-state index in [9.17, 15) is 14.0 Å². The molecule has 1 saturated heterocycles. The number of benzene rings is 4. The minimum absolute atomic E-state index is 0.00808. The number of hydrogen-bond donors (Lipinski definition) is 0. The summed E-state index contributed by atoms with van der Waals surface area (Å²) in [7, 11) is 0. The Kier molecular flexibility index (Phi) is 11.7. The van der Waals surface area contributed by atoms with E-state index in [1.54, 1.807) is 41.3 Å². The maximum Gasteiger partial charge on any atom is 0.246 e. The molecule has 1 aromatic heterocycles. The van der Waals surface area contributed by atoms with Crippen LogP contribution in [0.3, 0.4) is 0 Å². The third kappa shape index (κ3) is 9.90. The normalized spacial score (nSPS) is 13.1. The molecule has 52 heavy (non-hydrogen) atoms. The van der Waals surface area contributed by atoms with E-state index in [1.165, 1.54) is 24.4 Å². The smallest absolute Gasteiger partial charge is 0.246 e. The van der Waals surface area contributed by atoms with Crippen LogP contribution in [0.5, 0.6) is 23.1 Å². The van der Waals surface area contributed by atoms with Gasteiger partial charge >= 0.3 is 0 Å². The van der Waals surface area contributed by atoms with Gasteiger partial charge in [0.15, 0.2) is 24.0 Å². The summed E-state index contributed by atoms with van der Waals surface area (Å²) < 4.78 is 32.0. The zero-order chi connectivity index (χ0) is 36.3. The molecular formula is C42H37FN4O5. The van der Waals surface area contributed by atoms with Gasteiger partial charge in [0, 0.05) is 50.4 Å². The Labute approximate surface area is 302 Å². The molecule has 1 fully saturated rings. The van der Waals surface area contributed by atoms with E-state index in [1.807, 2.05) is 67.6 Å². The van der Waals surface area contributed by atoms with E-state index in [-0.39, 0.29) is 29.9 Å². The van der Waals surface area contributed by atoms with Crippen molar-refractivity contribution in [2.24, 2.45) is 0 Å². The minimum Gasteiger partial charge on any atom is -0.487 e. The Balaban J connectivity index is 0.915. The molecule has 0 unspecified atom stereocenters. The predicted molar refractivity (Wildman–Crippen MR) is 195 cm³/mol. The molecule has 0 bridgehead atoms. The van der Waals surface area contributed by atoms with Crippen LogP contribution in [0.15, 0.2) is 115 Å². The third-order valence-electron chi connectivity index (χ3n) is 8.54. The molecule has 0 spiro atoms. The van der Waals surface area contributed by atoms with Crippen LogP contribution in [0.25, 0.3) is 6.08 Å². The molecular weight excluding hydrogens is 659 g/mol. The third-order valence-corrected chi connectivity index (χ3v) is 8.54. The quantitative estimate of drug-likeness (QED) is 0.0928. The van der Waals surface area contributed by atoms with Crippen LogP contribution in [-0.2, 0) is 17.9 Å². The van der Waals surface area contributed by atoms with Crippen LogP contribution >= 0.6 is 0 Å². The lowest BCUT2D eigenvalue weighted by Gasteiger charge is -2.34. The van der Waals surface area contributed by atoms with Gasteiger partial charge in [-0.3, -0.25) is 14.5 Å². The highest BCUT2D eigenvalue weighted by molar-refractivity contribution is 5.97. The van der Waals surface area contributed by atoms with Crippen molar-refractivity contribution in [2.75, 3.05) is 32.8 Å². The molecule has 6 rings (SSSR count). The molecule has 0 saturated carbocycles. The van der Waals surface area contributed by atoms with Crippen LogP contribution in [-0.4, -0.2) is 59.3 Å². The molecule has 0 aliphatic carbocycles. The van der Waals surface area contributed by atoms with Gasteiger partial charge in [-0.1, -0.05) is 60.2 Å². The maximum absolute atomic E-state index is 14.9. The number of Topliss-reactive ketones (excluding diaryl/α,β-unsaturated/α-hetero) is 1. The average molecular weight is 697 g/mol. The van der Waals surface area contributed by atoms with Gasteiger partial charge in [-0.15, -0.1) is 0 Å². The molecule has 2 heterocycles. The zero-order valence-corrected chi connectivity index (χ0v) is 28.7. The molecule has 9 nitrogen and oxygen atoms in total. The number of amides is 1. The topological polar surface area (TPSA) is 105 Å². The van der Waals surface area contributed by atoms with Crippen LogP contribution in [0.4, 0.5) is 4.39 Å². The van der Waals surface area contributed by atoms with E-state index in [4.69, 9.17) is 19.5 Å². The molecule has 4 aromatic carbocycles. The number of ketones is 1. The van der Waals surface area contributed by atoms with Crippen molar-refractivity contribution in [3.05, 3.63) is 155 Å². The predicted octanol–water partition coefficient (Wildman–Crippen LogP) is 7.39. The van der Waals surface area contributed by atoms with Gasteiger partial charge in [0.25, 0.3) is 0 Å². The summed E-state index contributed by atoms with van der Waals surface area (Å²) in [6.07, 6.45) is 4.55. The van der Waals surface area contributed by atoms with E-state index in [2.05, 4.69) is 16.0 Å². The van der Waals surface area contributed by atoms with Crippen molar-refractivity contribution >= 4 is 17.8 Å². The van der Waals surface area contributed by atoms with E-state index < -0.39 is 5.82 Å². The van der Waals surface area contributed by atoms with Crippen molar-refractivity contribution in [3.8, 4) is 29.2 Å². The zero-order valence-electron chi connectivity index (χ0n) is 28.7. The minimum atomic E-state index is -0.582. The number of hydrogen-bond acceptors (Lipinski definition) is 8. The highest BCUT2D eigenvalue weighted by Crippen LogP contribution is 2.26. The number of aryl methyl sites for hydroxylation is 1.